The van der Waals surface area contributed by atoms with E-state index in [1.807, 2.05) is 0 Å². The summed E-state index contributed by atoms with van der Waals surface area (Å²) in [6, 6.07) is 6.07. The quantitative estimate of drug-likeness (QED) is 0.533. The molecule has 0 amide bonds. The standard InChI is InChI=1S/C18H16Cl2F2N4O3S/c19-13-5-10(30(28,29)26-8-18(21,22)6-9(26)7-27)1-2-11(13)12-3-4-14-15(16(12)20)17(23)25-24-14/h1-5,9,27H,6-8H2,(H3,23,24,25). The number of sulfonamides is 1. The number of nitrogen functional groups attached to an aromatic ring is 1. The van der Waals surface area contributed by atoms with Crippen LogP contribution in [-0.2, 0) is 10.0 Å². The van der Waals surface area contributed by atoms with E-state index in [-0.39, 0.29) is 20.8 Å². The third-order valence-electron chi connectivity index (χ3n) is 5.07. The lowest BCUT2D eigenvalue weighted by Gasteiger charge is -2.22. The molecular weight excluding hydrogens is 461 g/mol. The zero-order valence-electron chi connectivity index (χ0n) is 15.2. The van der Waals surface area contributed by atoms with Crippen molar-refractivity contribution < 1.29 is 22.3 Å². The minimum atomic E-state index is -4.29. The molecule has 1 atom stereocenters. The molecule has 0 aliphatic carbocycles. The van der Waals surface area contributed by atoms with Crippen LogP contribution in [0.5, 0.6) is 0 Å². The topological polar surface area (TPSA) is 112 Å². The number of aliphatic hydroxyl groups is 1. The third kappa shape index (κ3) is 3.42. The molecule has 160 valence electrons. The Bertz CT molecular complexity index is 1250. The highest BCUT2D eigenvalue weighted by Crippen LogP contribution is 2.41. The lowest BCUT2D eigenvalue weighted by molar-refractivity contribution is 0.0161. The van der Waals surface area contributed by atoms with E-state index in [4.69, 9.17) is 28.9 Å². The van der Waals surface area contributed by atoms with Crippen LogP contribution < -0.4 is 5.73 Å². The summed E-state index contributed by atoms with van der Waals surface area (Å²) < 4.78 is 53.9. The normalized spacial score (nSPS) is 19.6. The summed E-state index contributed by atoms with van der Waals surface area (Å²) in [7, 11) is -4.29. The summed E-state index contributed by atoms with van der Waals surface area (Å²) >= 11 is 12.8. The first kappa shape index (κ1) is 21.3. The number of halogens is 4. The molecule has 0 bridgehead atoms. The number of aliphatic hydroxyl groups excluding tert-OH is 1. The fraction of sp³-hybridized carbons (Fsp3) is 0.278. The maximum Gasteiger partial charge on any atom is 0.263 e. The molecule has 30 heavy (non-hydrogen) atoms. The molecule has 1 saturated heterocycles. The van der Waals surface area contributed by atoms with Crippen molar-refractivity contribution in [2.75, 3.05) is 18.9 Å². The van der Waals surface area contributed by atoms with Gasteiger partial charge < -0.3 is 10.8 Å². The molecule has 7 nitrogen and oxygen atoms in total. The molecular formula is C18H16Cl2F2N4O3S. The number of aromatic amines is 1. The first-order valence-electron chi connectivity index (χ1n) is 8.77. The van der Waals surface area contributed by atoms with Gasteiger partial charge in [-0.15, -0.1) is 0 Å². The van der Waals surface area contributed by atoms with Gasteiger partial charge in [-0.25, -0.2) is 17.2 Å². The van der Waals surface area contributed by atoms with Crippen molar-refractivity contribution in [2.45, 2.75) is 23.3 Å². The molecule has 1 aliphatic rings. The first-order chi connectivity index (χ1) is 14.0. The van der Waals surface area contributed by atoms with E-state index in [2.05, 4.69) is 10.2 Å². The monoisotopic (exact) mass is 476 g/mol. The number of hydrogen-bond donors (Lipinski definition) is 3. The minimum Gasteiger partial charge on any atom is -0.395 e. The Balaban J connectivity index is 1.76. The minimum absolute atomic E-state index is 0.0610. The lowest BCUT2D eigenvalue weighted by atomic mass is 10.0. The van der Waals surface area contributed by atoms with E-state index in [1.165, 1.54) is 18.2 Å². The highest BCUT2D eigenvalue weighted by Gasteiger charge is 2.49. The maximum atomic E-state index is 13.7. The largest absolute Gasteiger partial charge is 0.395 e. The zero-order chi connectivity index (χ0) is 21.8. The Morgan fingerprint density at radius 2 is 1.97 bits per heavy atom. The van der Waals surface area contributed by atoms with Gasteiger partial charge in [0.15, 0.2) is 5.82 Å². The summed E-state index contributed by atoms with van der Waals surface area (Å²) in [6.07, 6.45) is -0.740. The van der Waals surface area contributed by atoms with E-state index < -0.39 is 41.6 Å². The van der Waals surface area contributed by atoms with E-state index >= 15 is 0 Å². The molecule has 2 aromatic carbocycles. The maximum absolute atomic E-state index is 13.7. The van der Waals surface area contributed by atoms with Crippen LogP contribution in [0.15, 0.2) is 35.2 Å². The summed E-state index contributed by atoms with van der Waals surface area (Å²) in [6.45, 7) is -1.70. The number of anilines is 1. The van der Waals surface area contributed by atoms with E-state index in [0.29, 0.717) is 26.3 Å². The van der Waals surface area contributed by atoms with E-state index in [0.717, 1.165) is 0 Å². The predicted molar refractivity (Wildman–Crippen MR) is 110 cm³/mol. The second-order valence-electron chi connectivity index (χ2n) is 7.05. The van der Waals surface area contributed by atoms with Gasteiger partial charge in [-0.1, -0.05) is 35.3 Å². The van der Waals surface area contributed by atoms with Gasteiger partial charge in [0, 0.05) is 22.6 Å². The van der Waals surface area contributed by atoms with Crippen molar-refractivity contribution >= 4 is 49.9 Å². The van der Waals surface area contributed by atoms with Crippen LogP contribution in [0.1, 0.15) is 6.42 Å². The van der Waals surface area contributed by atoms with Crippen molar-refractivity contribution in [2.24, 2.45) is 0 Å². The summed E-state index contributed by atoms with van der Waals surface area (Å²) in [5.74, 6) is -3.00. The molecule has 3 aromatic rings. The molecule has 4 rings (SSSR count). The van der Waals surface area contributed by atoms with Crippen LogP contribution in [0.2, 0.25) is 10.0 Å². The number of hydrogen-bond acceptors (Lipinski definition) is 5. The van der Waals surface area contributed by atoms with E-state index in [1.54, 1.807) is 12.1 Å². The highest BCUT2D eigenvalue weighted by atomic mass is 35.5. The number of nitrogens with one attached hydrogen (secondary N) is 1. The molecule has 4 N–H and O–H groups in total. The van der Waals surface area contributed by atoms with Gasteiger partial charge in [0.2, 0.25) is 10.0 Å². The van der Waals surface area contributed by atoms with Gasteiger partial charge in [0.1, 0.15) is 0 Å². The summed E-state index contributed by atoms with van der Waals surface area (Å²) in [5.41, 5.74) is 7.41. The van der Waals surface area contributed by atoms with Crippen LogP contribution in [0.4, 0.5) is 14.6 Å². The van der Waals surface area contributed by atoms with Gasteiger partial charge in [-0.3, -0.25) is 5.10 Å². The second-order valence-corrected chi connectivity index (χ2v) is 9.72. The predicted octanol–water partition coefficient (Wildman–Crippen LogP) is 3.51. The molecule has 1 aliphatic heterocycles. The van der Waals surface area contributed by atoms with Gasteiger partial charge in [0.05, 0.1) is 40.0 Å². The number of rotatable bonds is 4. The lowest BCUT2D eigenvalue weighted by Crippen LogP contribution is -2.38. The van der Waals surface area contributed by atoms with Crippen LogP contribution >= 0.6 is 23.2 Å². The number of fused-ring (bicyclic) bond motifs is 1. The number of aromatic nitrogens is 2. The van der Waals surface area contributed by atoms with Crippen molar-refractivity contribution in [1.82, 2.24) is 14.5 Å². The van der Waals surface area contributed by atoms with Crippen molar-refractivity contribution in [3.05, 3.63) is 40.4 Å². The third-order valence-corrected chi connectivity index (χ3v) is 7.67. The smallest absolute Gasteiger partial charge is 0.263 e. The number of nitrogens with zero attached hydrogens (tertiary/aromatic N) is 2. The molecule has 12 heteroatoms. The average Bonchev–Trinajstić information content (AvgIpc) is 3.22. The Hall–Kier alpha value is -1.98. The second kappa shape index (κ2) is 7.31. The summed E-state index contributed by atoms with van der Waals surface area (Å²) in [4.78, 5) is -0.257. The van der Waals surface area contributed by atoms with E-state index in [9.17, 15) is 22.3 Å². The molecule has 1 unspecified atom stereocenters. The Morgan fingerprint density at radius 3 is 2.63 bits per heavy atom. The van der Waals surface area contributed by atoms with Crippen LogP contribution in [0.3, 0.4) is 0 Å². The van der Waals surface area contributed by atoms with Crippen LogP contribution in [0, 0.1) is 0 Å². The molecule has 0 spiro atoms. The molecule has 1 fully saturated rings. The number of nitrogens with two attached hydrogens (primary N) is 1. The fourth-order valence-corrected chi connectivity index (χ4v) is 6.00. The zero-order valence-corrected chi connectivity index (χ0v) is 17.6. The fourth-order valence-electron chi connectivity index (χ4n) is 3.62. The molecule has 1 aromatic heterocycles. The number of benzene rings is 2. The number of alkyl halides is 2. The van der Waals surface area contributed by atoms with Gasteiger partial charge in [-0.05, 0) is 18.2 Å². The Kier molecular flexibility index (Phi) is 5.18. The van der Waals surface area contributed by atoms with Gasteiger partial charge >= 0.3 is 0 Å². The van der Waals surface area contributed by atoms with Gasteiger partial charge in [-0.2, -0.15) is 9.40 Å². The van der Waals surface area contributed by atoms with Crippen molar-refractivity contribution in [3.63, 3.8) is 0 Å². The van der Waals surface area contributed by atoms with Gasteiger partial charge in [0.25, 0.3) is 5.92 Å². The highest BCUT2D eigenvalue weighted by molar-refractivity contribution is 7.89. The SMILES string of the molecule is Nc1n[nH]c2ccc(-c3ccc(S(=O)(=O)N4CC(F)(F)CC4CO)cc3Cl)c(Cl)c12. The molecule has 2 heterocycles. The van der Waals surface area contributed by atoms with Crippen molar-refractivity contribution in [3.8, 4) is 11.1 Å². The average molecular weight is 477 g/mol. The first-order valence-corrected chi connectivity index (χ1v) is 11.0. The van der Waals surface area contributed by atoms with Crippen LogP contribution in [0.25, 0.3) is 22.0 Å². The van der Waals surface area contributed by atoms with Crippen LogP contribution in [-0.4, -0.2) is 53.1 Å². The summed E-state index contributed by atoms with van der Waals surface area (Å²) in [5, 5.41) is 16.8. The van der Waals surface area contributed by atoms with Crippen molar-refractivity contribution in [1.29, 1.82) is 0 Å². The Labute approximate surface area is 180 Å². The Morgan fingerprint density at radius 1 is 1.27 bits per heavy atom. The molecule has 0 saturated carbocycles. The number of H-pyrrole nitrogens is 1. The molecule has 0 radical (unpaired) electrons.